The lowest BCUT2D eigenvalue weighted by molar-refractivity contribution is 0.144. The van der Waals surface area contributed by atoms with E-state index in [1.54, 1.807) is 7.11 Å². The van der Waals surface area contributed by atoms with Crippen molar-refractivity contribution >= 4 is 18.3 Å². The number of nitrogens with one attached hydrogen (secondary N) is 3. The number of phenolic OH excluding ortho intramolecular Hbond substituents is 1. The van der Waals surface area contributed by atoms with Crippen molar-refractivity contribution < 1.29 is 9.84 Å². The van der Waals surface area contributed by atoms with Gasteiger partial charge in [-0.15, -0.1) is 12.6 Å². The second kappa shape index (κ2) is 9.49. The number of thiol groups is 1. The molecule has 7 nitrogen and oxygen atoms in total. The van der Waals surface area contributed by atoms with Gasteiger partial charge in [-0.1, -0.05) is 18.2 Å². The lowest BCUT2D eigenvalue weighted by atomic mass is 10.1. The maximum absolute atomic E-state index is 10.5. The summed E-state index contributed by atoms with van der Waals surface area (Å²) in [6, 6.07) is 13.7. The van der Waals surface area contributed by atoms with Crippen LogP contribution in [0.15, 0.2) is 42.5 Å². The van der Waals surface area contributed by atoms with Gasteiger partial charge < -0.3 is 14.7 Å². The summed E-state index contributed by atoms with van der Waals surface area (Å²) in [6.45, 7) is 6.51. The van der Waals surface area contributed by atoms with Crippen LogP contribution in [-0.2, 0) is 6.54 Å². The number of hydrogen-bond acceptors (Lipinski definition) is 8. The Hall–Kier alpha value is -1.97. The van der Waals surface area contributed by atoms with Crippen molar-refractivity contribution in [2.24, 2.45) is 0 Å². The Balaban J connectivity index is 1.69. The van der Waals surface area contributed by atoms with Crippen molar-refractivity contribution in [1.82, 2.24) is 21.3 Å². The number of ether oxygens (including phenoxy) is 1. The Morgan fingerprint density at radius 2 is 1.86 bits per heavy atom. The summed E-state index contributed by atoms with van der Waals surface area (Å²) in [5, 5.41) is 12.4. The number of phenols is 1. The largest absolute Gasteiger partial charge is 0.508 e. The van der Waals surface area contributed by atoms with Gasteiger partial charge in [-0.25, -0.2) is 16.3 Å². The first-order valence-electron chi connectivity index (χ1n) is 9.49. The standard InChI is InChI=1S/C20H29N5O2S/c1-4-24(5-2)16-9-6-15(18(26)12-16)13-21-25-19(22-23-20(25)28)14-7-10-17(27-3)11-8-14/h6-12,19-23,26,28H,4-5,13H2,1-3H3/t19-,20+/m0/s1. The molecule has 4 N–H and O–H groups in total. The van der Waals surface area contributed by atoms with E-state index in [4.69, 9.17) is 4.74 Å². The summed E-state index contributed by atoms with van der Waals surface area (Å²) in [6.07, 6.45) is -0.106. The molecule has 0 aliphatic carbocycles. The first-order valence-corrected chi connectivity index (χ1v) is 10.0. The van der Waals surface area contributed by atoms with Crippen LogP contribution in [0, 0.1) is 0 Å². The highest BCUT2D eigenvalue weighted by atomic mass is 32.1. The molecule has 2 aromatic carbocycles. The fourth-order valence-corrected chi connectivity index (χ4v) is 3.59. The first-order chi connectivity index (χ1) is 13.6. The minimum absolute atomic E-state index is 0.106. The number of rotatable bonds is 8. The lowest BCUT2D eigenvalue weighted by Gasteiger charge is -2.27. The quantitative estimate of drug-likeness (QED) is 0.434. The molecule has 2 aromatic rings. The highest BCUT2D eigenvalue weighted by molar-refractivity contribution is 7.80. The first kappa shape index (κ1) is 20.8. The van der Waals surface area contributed by atoms with Gasteiger partial charge in [-0.2, -0.15) is 5.01 Å². The van der Waals surface area contributed by atoms with E-state index in [2.05, 4.69) is 47.7 Å². The Morgan fingerprint density at radius 3 is 2.46 bits per heavy atom. The third-order valence-corrected chi connectivity index (χ3v) is 5.35. The zero-order valence-corrected chi connectivity index (χ0v) is 17.4. The average molecular weight is 404 g/mol. The van der Waals surface area contributed by atoms with Crippen molar-refractivity contribution in [3.05, 3.63) is 53.6 Å². The van der Waals surface area contributed by atoms with Gasteiger partial charge in [-0.3, -0.25) is 0 Å². The molecule has 1 saturated heterocycles. The molecule has 8 heteroatoms. The van der Waals surface area contributed by atoms with Crippen LogP contribution in [0.2, 0.25) is 0 Å². The summed E-state index contributed by atoms with van der Waals surface area (Å²) < 4.78 is 5.23. The van der Waals surface area contributed by atoms with Crippen LogP contribution in [0.3, 0.4) is 0 Å². The topological polar surface area (TPSA) is 72.0 Å². The van der Waals surface area contributed by atoms with E-state index in [0.29, 0.717) is 6.54 Å². The van der Waals surface area contributed by atoms with E-state index < -0.39 is 0 Å². The summed E-state index contributed by atoms with van der Waals surface area (Å²) in [5.41, 5.74) is 12.4. The molecule has 0 radical (unpaired) electrons. The molecule has 152 valence electrons. The second-order valence-corrected chi connectivity index (χ2v) is 7.05. The predicted molar refractivity (Wildman–Crippen MR) is 115 cm³/mol. The monoisotopic (exact) mass is 403 g/mol. The lowest BCUT2D eigenvalue weighted by Crippen LogP contribution is -2.42. The Bertz CT molecular complexity index is 770. The van der Waals surface area contributed by atoms with E-state index in [0.717, 1.165) is 35.7 Å². The zero-order chi connectivity index (χ0) is 20.1. The van der Waals surface area contributed by atoms with Gasteiger partial charge in [0.1, 0.15) is 23.2 Å². The van der Waals surface area contributed by atoms with Gasteiger partial charge in [0.2, 0.25) is 0 Å². The van der Waals surface area contributed by atoms with E-state index in [9.17, 15) is 5.11 Å². The van der Waals surface area contributed by atoms with Gasteiger partial charge in [0.05, 0.1) is 7.11 Å². The van der Waals surface area contributed by atoms with Crippen molar-refractivity contribution in [1.29, 1.82) is 0 Å². The van der Waals surface area contributed by atoms with Crippen molar-refractivity contribution in [3.8, 4) is 11.5 Å². The Morgan fingerprint density at radius 1 is 1.14 bits per heavy atom. The Labute approximate surface area is 172 Å². The van der Waals surface area contributed by atoms with Crippen LogP contribution >= 0.6 is 12.6 Å². The third-order valence-electron chi connectivity index (χ3n) is 4.97. The third kappa shape index (κ3) is 4.53. The van der Waals surface area contributed by atoms with Crippen molar-refractivity contribution in [3.63, 3.8) is 0 Å². The van der Waals surface area contributed by atoms with E-state index in [-0.39, 0.29) is 17.4 Å². The normalized spacial score (nSPS) is 19.7. The van der Waals surface area contributed by atoms with Crippen molar-refractivity contribution in [2.45, 2.75) is 32.1 Å². The summed E-state index contributed by atoms with van der Waals surface area (Å²) in [5.74, 6) is 1.10. The molecular formula is C20H29N5O2S. The van der Waals surface area contributed by atoms with Crippen LogP contribution in [0.5, 0.6) is 11.5 Å². The highest BCUT2D eigenvalue weighted by Gasteiger charge is 2.31. The van der Waals surface area contributed by atoms with Crippen LogP contribution in [0.4, 0.5) is 5.69 Å². The van der Waals surface area contributed by atoms with E-state index in [1.165, 1.54) is 0 Å². The minimum Gasteiger partial charge on any atom is -0.508 e. The van der Waals surface area contributed by atoms with Gasteiger partial charge >= 0.3 is 0 Å². The van der Waals surface area contributed by atoms with Gasteiger partial charge in [0.25, 0.3) is 0 Å². The average Bonchev–Trinajstić information content (AvgIpc) is 3.09. The summed E-state index contributed by atoms with van der Waals surface area (Å²) in [7, 11) is 1.65. The number of nitrogens with zero attached hydrogens (tertiary/aromatic N) is 2. The molecule has 2 atom stereocenters. The molecule has 0 spiro atoms. The molecule has 0 bridgehead atoms. The van der Waals surface area contributed by atoms with Gasteiger partial charge in [0, 0.05) is 37.0 Å². The number of hydrazine groups is 2. The Kier molecular flexibility index (Phi) is 7.03. The molecule has 3 rings (SSSR count). The van der Waals surface area contributed by atoms with Crippen molar-refractivity contribution in [2.75, 3.05) is 25.1 Å². The summed E-state index contributed by atoms with van der Waals surface area (Å²) in [4.78, 5) is 2.20. The second-order valence-electron chi connectivity index (χ2n) is 6.57. The maximum Gasteiger partial charge on any atom is 0.132 e. The molecule has 0 amide bonds. The van der Waals surface area contributed by atoms with E-state index in [1.807, 2.05) is 47.5 Å². The molecule has 1 aliphatic heterocycles. The van der Waals surface area contributed by atoms with Crippen LogP contribution < -0.4 is 25.9 Å². The smallest absolute Gasteiger partial charge is 0.132 e. The van der Waals surface area contributed by atoms with Crippen LogP contribution in [-0.4, -0.2) is 35.8 Å². The minimum atomic E-state index is -0.218. The molecule has 1 aliphatic rings. The fraction of sp³-hybridized carbons (Fsp3) is 0.400. The molecule has 0 aromatic heterocycles. The number of hydrogen-bond donors (Lipinski definition) is 5. The maximum atomic E-state index is 10.5. The fourth-order valence-electron chi connectivity index (χ4n) is 3.31. The van der Waals surface area contributed by atoms with Crippen LogP contribution in [0.1, 0.15) is 31.1 Å². The number of aromatic hydroxyl groups is 1. The number of methoxy groups -OCH3 is 1. The SMILES string of the molecule is CCN(CC)c1ccc(CNN2[C@H](S)NN[C@@H]2c2ccc(OC)cc2)c(O)c1. The zero-order valence-electron chi connectivity index (χ0n) is 16.5. The molecule has 1 heterocycles. The summed E-state index contributed by atoms with van der Waals surface area (Å²) >= 11 is 4.57. The molecule has 0 saturated carbocycles. The number of benzene rings is 2. The van der Waals surface area contributed by atoms with E-state index >= 15 is 0 Å². The van der Waals surface area contributed by atoms with Gasteiger partial charge in [-0.05, 0) is 37.6 Å². The number of anilines is 1. The van der Waals surface area contributed by atoms with Crippen LogP contribution in [0.25, 0.3) is 0 Å². The molecule has 28 heavy (non-hydrogen) atoms. The molecule has 1 fully saturated rings. The van der Waals surface area contributed by atoms with Gasteiger partial charge in [0.15, 0.2) is 0 Å². The molecule has 0 unspecified atom stereocenters. The highest BCUT2D eigenvalue weighted by Crippen LogP contribution is 2.27. The predicted octanol–water partition coefficient (Wildman–Crippen LogP) is 2.57. The molecular weight excluding hydrogens is 374 g/mol.